The molecule has 1 amide bonds. The molecule has 0 saturated heterocycles. The largest absolute Gasteiger partial charge is 0.496 e. The van der Waals surface area contributed by atoms with Gasteiger partial charge in [0, 0.05) is 25.1 Å². The monoisotopic (exact) mass is 233 g/mol. The van der Waals surface area contributed by atoms with Gasteiger partial charge in [-0.25, -0.2) is 0 Å². The summed E-state index contributed by atoms with van der Waals surface area (Å²) in [7, 11) is 1.68. The van der Waals surface area contributed by atoms with E-state index < -0.39 is 0 Å². The van der Waals surface area contributed by atoms with Gasteiger partial charge in [0.25, 0.3) is 0 Å². The molecular weight excluding hydrogens is 214 g/mol. The molecule has 3 nitrogen and oxygen atoms in total. The highest BCUT2D eigenvalue weighted by atomic mass is 16.5. The molecule has 2 rings (SSSR count). The van der Waals surface area contributed by atoms with Crippen molar-refractivity contribution in [2.24, 2.45) is 0 Å². The van der Waals surface area contributed by atoms with E-state index in [2.05, 4.69) is 6.07 Å². The van der Waals surface area contributed by atoms with Gasteiger partial charge in [-0.1, -0.05) is 19.1 Å². The van der Waals surface area contributed by atoms with Crippen LogP contribution in [0.25, 0.3) is 0 Å². The van der Waals surface area contributed by atoms with Gasteiger partial charge in [0.15, 0.2) is 0 Å². The second-order valence-electron chi connectivity index (χ2n) is 4.41. The summed E-state index contributed by atoms with van der Waals surface area (Å²) < 4.78 is 5.36. The quantitative estimate of drug-likeness (QED) is 0.802. The van der Waals surface area contributed by atoms with Crippen LogP contribution in [-0.2, 0) is 17.8 Å². The molecule has 0 atom stereocenters. The van der Waals surface area contributed by atoms with Gasteiger partial charge in [-0.2, -0.15) is 0 Å². The van der Waals surface area contributed by atoms with E-state index in [0.29, 0.717) is 13.0 Å². The van der Waals surface area contributed by atoms with Crippen LogP contribution in [0.2, 0.25) is 0 Å². The number of rotatable bonds is 3. The first-order valence-electron chi connectivity index (χ1n) is 6.18. The van der Waals surface area contributed by atoms with Crippen LogP contribution in [0.1, 0.15) is 30.9 Å². The van der Waals surface area contributed by atoms with Crippen LogP contribution in [0, 0.1) is 0 Å². The Morgan fingerprint density at radius 1 is 1.47 bits per heavy atom. The number of carbonyl (C=O) groups is 1. The molecule has 0 aromatic heterocycles. The summed E-state index contributed by atoms with van der Waals surface area (Å²) in [6.45, 7) is 3.56. The highest BCUT2D eigenvalue weighted by molar-refractivity contribution is 5.76. The molecule has 1 heterocycles. The highest BCUT2D eigenvalue weighted by Crippen LogP contribution is 2.28. The molecule has 92 valence electrons. The Labute approximate surface area is 102 Å². The highest BCUT2D eigenvalue weighted by Gasteiger charge is 2.22. The zero-order chi connectivity index (χ0) is 12.3. The van der Waals surface area contributed by atoms with Crippen LogP contribution in [0.5, 0.6) is 5.75 Å². The molecule has 1 aromatic carbocycles. The molecule has 0 radical (unpaired) electrons. The number of fused-ring (bicyclic) bond motifs is 1. The Morgan fingerprint density at radius 3 is 3.00 bits per heavy atom. The minimum atomic E-state index is 0.254. The molecule has 0 fully saturated rings. The van der Waals surface area contributed by atoms with Gasteiger partial charge in [0.05, 0.1) is 7.11 Å². The fraction of sp³-hybridized carbons (Fsp3) is 0.500. The first-order chi connectivity index (χ1) is 8.26. The summed E-state index contributed by atoms with van der Waals surface area (Å²) in [6, 6.07) is 6.10. The van der Waals surface area contributed by atoms with Crippen LogP contribution in [0.3, 0.4) is 0 Å². The van der Waals surface area contributed by atoms with E-state index in [0.717, 1.165) is 25.1 Å². The SMILES string of the molecule is CCCC(=O)N1CCc2cccc(OC)c2C1. The molecule has 0 N–H and O–H groups in total. The van der Waals surface area contributed by atoms with Crippen molar-refractivity contribution in [1.82, 2.24) is 4.90 Å². The molecule has 1 aliphatic heterocycles. The average Bonchev–Trinajstić information content (AvgIpc) is 2.37. The summed E-state index contributed by atoms with van der Waals surface area (Å²) >= 11 is 0. The van der Waals surface area contributed by atoms with Crippen molar-refractivity contribution in [3.8, 4) is 5.75 Å². The maximum atomic E-state index is 11.9. The van der Waals surface area contributed by atoms with Crippen molar-refractivity contribution in [2.45, 2.75) is 32.7 Å². The standard InChI is InChI=1S/C14H19NO2/c1-3-5-14(16)15-9-8-11-6-4-7-13(17-2)12(11)10-15/h4,6-7H,3,5,8-10H2,1-2H3. The van der Waals surface area contributed by atoms with Crippen LogP contribution >= 0.6 is 0 Å². The number of ether oxygens (including phenoxy) is 1. The topological polar surface area (TPSA) is 29.5 Å². The van der Waals surface area contributed by atoms with Crippen LogP contribution < -0.4 is 4.74 Å². The normalized spacial score (nSPS) is 14.4. The molecule has 0 spiro atoms. The second kappa shape index (κ2) is 5.21. The third-order valence-electron chi connectivity index (χ3n) is 3.27. The van der Waals surface area contributed by atoms with Crippen LogP contribution in [0.15, 0.2) is 18.2 Å². The first-order valence-corrected chi connectivity index (χ1v) is 6.18. The zero-order valence-corrected chi connectivity index (χ0v) is 10.5. The van der Waals surface area contributed by atoms with E-state index in [1.807, 2.05) is 24.0 Å². The number of carbonyl (C=O) groups excluding carboxylic acids is 1. The molecule has 3 heteroatoms. The molecular formula is C14H19NO2. The lowest BCUT2D eigenvalue weighted by Gasteiger charge is -2.30. The fourth-order valence-electron chi connectivity index (χ4n) is 2.33. The lowest BCUT2D eigenvalue weighted by atomic mass is 9.98. The summed E-state index contributed by atoms with van der Waals surface area (Å²) in [4.78, 5) is 13.8. The van der Waals surface area contributed by atoms with Crippen molar-refractivity contribution < 1.29 is 9.53 Å². The minimum Gasteiger partial charge on any atom is -0.496 e. The molecule has 0 saturated carbocycles. The molecule has 17 heavy (non-hydrogen) atoms. The maximum absolute atomic E-state index is 11.9. The Hall–Kier alpha value is -1.51. The summed E-state index contributed by atoms with van der Waals surface area (Å²) in [5.41, 5.74) is 2.48. The number of hydrogen-bond acceptors (Lipinski definition) is 2. The van der Waals surface area contributed by atoms with E-state index in [4.69, 9.17) is 4.74 Å². The van der Waals surface area contributed by atoms with Gasteiger partial charge in [0.2, 0.25) is 5.91 Å². The van der Waals surface area contributed by atoms with Gasteiger partial charge in [-0.05, 0) is 24.5 Å². The lowest BCUT2D eigenvalue weighted by Crippen LogP contribution is -2.35. The van der Waals surface area contributed by atoms with E-state index >= 15 is 0 Å². The van der Waals surface area contributed by atoms with Crippen molar-refractivity contribution in [3.63, 3.8) is 0 Å². The van der Waals surface area contributed by atoms with Gasteiger partial charge in [-0.3, -0.25) is 4.79 Å². The van der Waals surface area contributed by atoms with Crippen LogP contribution in [0.4, 0.5) is 0 Å². The third-order valence-corrected chi connectivity index (χ3v) is 3.27. The van der Waals surface area contributed by atoms with Crippen LogP contribution in [-0.4, -0.2) is 24.5 Å². The van der Waals surface area contributed by atoms with Gasteiger partial charge in [-0.15, -0.1) is 0 Å². The van der Waals surface area contributed by atoms with Crippen molar-refractivity contribution in [1.29, 1.82) is 0 Å². The molecule has 1 aromatic rings. The number of methoxy groups -OCH3 is 1. The summed E-state index contributed by atoms with van der Waals surface area (Å²) in [5.74, 6) is 1.15. The Balaban J connectivity index is 2.19. The molecule has 0 aliphatic carbocycles. The predicted octanol–water partition coefficient (Wildman–Crippen LogP) is 2.38. The zero-order valence-electron chi connectivity index (χ0n) is 10.5. The average molecular weight is 233 g/mol. The van der Waals surface area contributed by atoms with E-state index in [1.165, 1.54) is 11.1 Å². The Morgan fingerprint density at radius 2 is 2.29 bits per heavy atom. The maximum Gasteiger partial charge on any atom is 0.222 e. The first kappa shape index (κ1) is 12.0. The Bertz CT molecular complexity index is 400. The van der Waals surface area contributed by atoms with E-state index in [1.54, 1.807) is 7.11 Å². The lowest BCUT2D eigenvalue weighted by molar-refractivity contribution is -0.132. The number of amides is 1. The summed E-state index contributed by atoms with van der Waals surface area (Å²) in [6.07, 6.45) is 2.49. The molecule has 0 unspecified atom stereocenters. The van der Waals surface area contributed by atoms with Crippen molar-refractivity contribution in [3.05, 3.63) is 29.3 Å². The minimum absolute atomic E-state index is 0.254. The number of benzene rings is 1. The summed E-state index contributed by atoms with van der Waals surface area (Å²) in [5, 5.41) is 0. The van der Waals surface area contributed by atoms with E-state index in [-0.39, 0.29) is 5.91 Å². The second-order valence-corrected chi connectivity index (χ2v) is 4.41. The number of hydrogen-bond donors (Lipinski definition) is 0. The van der Waals surface area contributed by atoms with Gasteiger partial charge < -0.3 is 9.64 Å². The Kier molecular flexibility index (Phi) is 3.67. The molecule has 0 bridgehead atoms. The molecule has 1 aliphatic rings. The number of nitrogens with zero attached hydrogens (tertiary/aromatic N) is 1. The van der Waals surface area contributed by atoms with Gasteiger partial charge in [0.1, 0.15) is 5.75 Å². The predicted molar refractivity (Wildman–Crippen MR) is 67.0 cm³/mol. The third kappa shape index (κ3) is 2.43. The smallest absolute Gasteiger partial charge is 0.222 e. The van der Waals surface area contributed by atoms with Crippen molar-refractivity contribution >= 4 is 5.91 Å². The van der Waals surface area contributed by atoms with Gasteiger partial charge >= 0.3 is 0 Å². The fourth-order valence-corrected chi connectivity index (χ4v) is 2.33. The van der Waals surface area contributed by atoms with E-state index in [9.17, 15) is 4.79 Å². The van der Waals surface area contributed by atoms with Crippen molar-refractivity contribution in [2.75, 3.05) is 13.7 Å².